The molecule has 130 valence electrons. The lowest BCUT2D eigenvalue weighted by Crippen LogP contribution is -2.14. The number of carbonyl (C=O) groups excluding carboxylic acids is 1. The molecule has 0 radical (unpaired) electrons. The number of pyridine rings is 1. The van der Waals surface area contributed by atoms with Crippen LogP contribution in [-0.4, -0.2) is 20.9 Å². The number of carbonyl (C=O) groups is 1. The van der Waals surface area contributed by atoms with Crippen molar-refractivity contribution in [3.63, 3.8) is 0 Å². The third kappa shape index (κ3) is 3.49. The molecule has 0 spiro atoms. The monoisotopic (exact) mass is 380 g/mol. The Morgan fingerprint density at radius 1 is 1.19 bits per heavy atom. The second-order valence-corrected chi connectivity index (χ2v) is 7.92. The van der Waals surface area contributed by atoms with Crippen molar-refractivity contribution in [3.8, 4) is 10.7 Å². The molecule has 5 nitrogen and oxygen atoms in total. The molecule has 0 atom stereocenters. The van der Waals surface area contributed by atoms with Gasteiger partial charge in [0.1, 0.15) is 5.01 Å². The summed E-state index contributed by atoms with van der Waals surface area (Å²) in [5.74, 6) is -0.115. The van der Waals surface area contributed by atoms with Gasteiger partial charge in [-0.2, -0.15) is 0 Å². The van der Waals surface area contributed by atoms with Gasteiger partial charge < -0.3 is 5.32 Å². The predicted molar refractivity (Wildman–Crippen MR) is 107 cm³/mol. The Hall–Kier alpha value is -2.64. The maximum absolute atomic E-state index is 12.4. The number of fused-ring (bicyclic) bond motifs is 1. The molecule has 4 rings (SSSR count). The van der Waals surface area contributed by atoms with Crippen molar-refractivity contribution in [2.24, 2.45) is 0 Å². The summed E-state index contributed by atoms with van der Waals surface area (Å²) in [6.07, 6.45) is 1.96. The minimum atomic E-state index is -0.115. The van der Waals surface area contributed by atoms with Gasteiger partial charge in [0, 0.05) is 11.6 Å². The molecule has 0 fully saturated rings. The zero-order valence-corrected chi connectivity index (χ0v) is 15.9. The Labute approximate surface area is 158 Å². The molecule has 0 aliphatic carbocycles. The van der Waals surface area contributed by atoms with Gasteiger partial charge in [-0.15, -0.1) is 11.3 Å². The Bertz CT molecular complexity index is 1090. The highest BCUT2D eigenvalue weighted by Gasteiger charge is 2.13. The standard InChI is InChI=1S/C19H16N4OS2/c1-11-7-12(2)17-15(8-11)26-19(23-17)22-16(24)9-13-10-25-18(21-13)14-5-3-4-6-20-14/h3-8,10H,9H2,1-2H3,(H,22,23,24). The van der Waals surface area contributed by atoms with Gasteiger partial charge in [-0.05, 0) is 43.2 Å². The maximum atomic E-state index is 12.4. The number of aromatic nitrogens is 3. The van der Waals surface area contributed by atoms with Crippen molar-refractivity contribution in [1.82, 2.24) is 15.0 Å². The Morgan fingerprint density at radius 3 is 2.88 bits per heavy atom. The van der Waals surface area contributed by atoms with Crippen LogP contribution in [0.5, 0.6) is 0 Å². The number of nitrogens with one attached hydrogen (secondary N) is 1. The van der Waals surface area contributed by atoms with Crippen LogP contribution in [0.2, 0.25) is 0 Å². The molecule has 0 unspecified atom stereocenters. The highest BCUT2D eigenvalue weighted by Crippen LogP contribution is 2.29. The fourth-order valence-corrected chi connectivity index (χ4v) is 4.60. The van der Waals surface area contributed by atoms with Crippen molar-refractivity contribution >= 4 is 43.9 Å². The van der Waals surface area contributed by atoms with E-state index < -0.39 is 0 Å². The van der Waals surface area contributed by atoms with E-state index in [0.717, 1.165) is 32.2 Å². The molecule has 3 aromatic heterocycles. The Morgan fingerprint density at radius 2 is 2.08 bits per heavy atom. The van der Waals surface area contributed by atoms with E-state index in [1.807, 2.05) is 30.5 Å². The number of nitrogens with zero attached hydrogens (tertiary/aromatic N) is 3. The molecule has 1 N–H and O–H groups in total. The van der Waals surface area contributed by atoms with Crippen LogP contribution in [0.1, 0.15) is 16.8 Å². The van der Waals surface area contributed by atoms with Crippen LogP contribution in [0.25, 0.3) is 20.9 Å². The smallest absolute Gasteiger partial charge is 0.232 e. The van der Waals surface area contributed by atoms with Crippen LogP contribution in [0.4, 0.5) is 5.13 Å². The molecule has 26 heavy (non-hydrogen) atoms. The topological polar surface area (TPSA) is 67.8 Å². The molecular weight excluding hydrogens is 364 g/mol. The molecule has 0 saturated carbocycles. The number of amides is 1. The van der Waals surface area contributed by atoms with E-state index in [9.17, 15) is 4.79 Å². The lowest BCUT2D eigenvalue weighted by Gasteiger charge is -1.99. The zero-order valence-electron chi connectivity index (χ0n) is 14.3. The average Bonchev–Trinajstić information content (AvgIpc) is 3.22. The van der Waals surface area contributed by atoms with E-state index in [-0.39, 0.29) is 12.3 Å². The first kappa shape index (κ1) is 16.8. The number of rotatable bonds is 4. The van der Waals surface area contributed by atoms with E-state index in [0.29, 0.717) is 5.13 Å². The van der Waals surface area contributed by atoms with Gasteiger partial charge in [-0.25, -0.2) is 9.97 Å². The van der Waals surface area contributed by atoms with E-state index in [4.69, 9.17) is 0 Å². The molecule has 3 heterocycles. The summed E-state index contributed by atoms with van der Waals surface area (Å²) in [5.41, 5.74) is 4.82. The first-order valence-electron chi connectivity index (χ1n) is 8.12. The highest BCUT2D eigenvalue weighted by molar-refractivity contribution is 7.22. The van der Waals surface area contributed by atoms with E-state index >= 15 is 0 Å². The average molecular weight is 380 g/mol. The molecule has 0 bridgehead atoms. The van der Waals surface area contributed by atoms with Crippen molar-refractivity contribution in [3.05, 3.63) is 58.7 Å². The van der Waals surface area contributed by atoms with Gasteiger partial charge in [0.05, 0.1) is 28.0 Å². The summed E-state index contributed by atoms with van der Waals surface area (Å²) in [6.45, 7) is 4.10. The van der Waals surface area contributed by atoms with Gasteiger partial charge in [0.25, 0.3) is 0 Å². The molecular formula is C19H16N4OS2. The number of benzene rings is 1. The third-order valence-corrected chi connectivity index (χ3v) is 5.69. The predicted octanol–water partition coefficient (Wildman–Crippen LogP) is 4.61. The van der Waals surface area contributed by atoms with E-state index in [1.165, 1.54) is 28.2 Å². The summed E-state index contributed by atoms with van der Waals surface area (Å²) in [5, 5.41) is 6.23. The fraction of sp³-hybridized carbons (Fsp3) is 0.158. The molecule has 0 aliphatic rings. The lowest BCUT2D eigenvalue weighted by molar-refractivity contribution is -0.115. The number of thiazole rings is 2. The lowest BCUT2D eigenvalue weighted by atomic mass is 10.1. The molecule has 0 aliphatic heterocycles. The van der Waals surface area contributed by atoms with Crippen LogP contribution in [0.3, 0.4) is 0 Å². The summed E-state index contributed by atoms with van der Waals surface area (Å²) in [7, 11) is 0. The second-order valence-electron chi connectivity index (χ2n) is 6.03. The number of aryl methyl sites for hydroxylation is 2. The van der Waals surface area contributed by atoms with E-state index in [2.05, 4.69) is 39.3 Å². The van der Waals surface area contributed by atoms with Crippen LogP contribution in [0.15, 0.2) is 41.9 Å². The summed E-state index contributed by atoms with van der Waals surface area (Å²) in [4.78, 5) is 25.7. The number of hydrogen-bond donors (Lipinski definition) is 1. The Balaban J connectivity index is 1.48. The number of anilines is 1. The first-order chi connectivity index (χ1) is 12.6. The summed E-state index contributed by atoms with van der Waals surface area (Å²) in [6, 6.07) is 9.89. The van der Waals surface area contributed by atoms with Gasteiger partial charge >= 0.3 is 0 Å². The second kappa shape index (κ2) is 6.93. The van der Waals surface area contributed by atoms with Crippen molar-refractivity contribution in [1.29, 1.82) is 0 Å². The van der Waals surface area contributed by atoms with Crippen molar-refractivity contribution in [2.45, 2.75) is 20.3 Å². The van der Waals surface area contributed by atoms with Gasteiger partial charge in [0.2, 0.25) is 5.91 Å². The zero-order chi connectivity index (χ0) is 18.1. The van der Waals surface area contributed by atoms with E-state index in [1.54, 1.807) is 6.20 Å². The first-order valence-corrected chi connectivity index (χ1v) is 9.81. The maximum Gasteiger partial charge on any atom is 0.232 e. The molecule has 1 aromatic carbocycles. The molecule has 0 saturated heterocycles. The largest absolute Gasteiger partial charge is 0.302 e. The fourth-order valence-electron chi connectivity index (χ4n) is 2.75. The molecule has 7 heteroatoms. The minimum Gasteiger partial charge on any atom is -0.302 e. The molecule has 1 amide bonds. The normalized spacial score (nSPS) is 11.0. The third-order valence-electron chi connectivity index (χ3n) is 3.85. The van der Waals surface area contributed by atoms with Crippen LogP contribution in [-0.2, 0) is 11.2 Å². The highest BCUT2D eigenvalue weighted by atomic mass is 32.1. The summed E-state index contributed by atoms with van der Waals surface area (Å²) < 4.78 is 1.09. The quantitative estimate of drug-likeness (QED) is 0.561. The minimum absolute atomic E-state index is 0.115. The van der Waals surface area contributed by atoms with Crippen LogP contribution in [0, 0.1) is 13.8 Å². The van der Waals surface area contributed by atoms with Gasteiger partial charge in [-0.3, -0.25) is 9.78 Å². The SMILES string of the molecule is Cc1cc(C)c2nc(NC(=O)Cc3csc(-c4ccccn4)n3)sc2c1. The van der Waals surface area contributed by atoms with Crippen molar-refractivity contribution < 1.29 is 4.79 Å². The van der Waals surface area contributed by atoms with Gasteiger partial charge in [-0.1, -0.05) is 23.5 Å². The number of hydrogen-bond acceptors (Lipinski definition) is 6. The summed E-state index contributed by atoms with van der Waals surface area (Å²) >= 11 is 2.99. The Kier molecular flexibility index (Phi) is 4.48. The van der Waals surface area contributed by atoms with Crippen LogP contribution >= 0.6 is 22.7 Å². The van der Waals surface area contributed by atoms with Gasteiger partial charge in [0.15, 0.2) is 5.13 Å². The van der Waals surface area contributed by atoms with Crippen molar-refractivity contribution in [2.75, 3.05) is 5.32 Å². The molecule has 4 aromatic rings. The van der Waals surface area contributed by atoms with Crippen LogP contribution < -0.4 is 5.32 Å².